The Hall–Kier alpha value is -0.0800. The van der Waals surface area contributed by atoms with E-state index in [1.54, 1.807) is 0 Å². The molecule has 0 aromatic heterocycles. The molecule has 4 atom stereocenters. The minimum atomic E-state index is 0.493. The SMILES string of the molecule is CCC(CC)CNCC1C2CCC(C2)C1N. The fraction of sp³-hybridized carbons (Fsp3) is 1.00. The predicted octanol–water partition coefficient (Wildman–Crippen LogP) is 2.39. The van der Waals surface area contributed by atoms with Crippen LogP contribution in [0.4, 0.5) is 0 Å². The molecule has 0 aromatic rings. The van der Waals surface area contributed by atoms with Crippen LogP contribution in [0.15, 0.2) is 0 Å². The van der Waals surface area contributed by atoms with Gasteiger partial charge in [-0.2, -0.15) is 0 Å². The van der Waals surface area contributed by atoms with Gasteiger partial charge in [-0.05, 0) is 56.0 Å². The maximum atomic E-state index is 6.31. The van der Waals surface area contributed by atoms with Gasteiger partial charge in [0, 0.05) is 6.04 Å². The number of rotatable bonds is 6. The molecule has 0 heterocycles. The van der Waals surface area contributed by atoms with Crippen molar-refractivity contribution in [1.82, 2.24) is 5.32 Å². The molecule has 0 aromatic carbocycles. The Labute approximate surface area is 100 Å². The molecule has 2 bridgehead atoms. The van der Waals surface area contributed by atoms with Gasteiger partial charge in [-0.3, -0.25) is 0 Å². The molecular formula is C14H28N2. The lowest BCUT2D eigenvalue weighted by Crippen LogP contribution is -2.42. The summed E-state index contributed by atoms with van der Waals surface area (Å²) in [5.41, 5.74) is 6.31. The topological polar surface area (TPSA) is 38.0 Å². The van der Waals surface area contributed by atoms with Crippen molar-refractivity contribution >= 4 is 0 Å². The highest BCUT2D eigenvalue weighted by atomic mass is 14.9. The maximum Gasteiger partial charge on any atom is 0.0110 e. The van der Waals surface area contributed by atoms with Crippen molar-refractivity contribution in [3.8, 4) is 0 Å². The van der Waals surface area contributed by atoms with Gasteiger partial charge in [0.1, 0.15) is 0 Å². The Bertz CT molecular complexity index is 211. The molecule has 0 saturated heterocycles. The Morgan fingerprint density at radius 3 is 2.44 bits per heavy atom. The normalized spacial score (nSPS) is 37.5. The fourth-order valence-electron chi connectivity index (χ4n) is 3.79. The molecule has 0 spiro atoms. The summed E-state index contributed by atoms with van der Waals surface area (Å²) >= 11 is 0. The van der Waals surface area contributed by atoms with E-state index in [0.717, 1.165) is 23.7 Å². The fourth-order valence-corrected chi connectivity index (χ4v) is 3.79. The first-order chi connectivity index (χ1) is 7.76. The van der Waals surface area contributed by atoms with E-state index >= 15 is 0 Å². The van der Waals surface area contributed by atoms with E-state index in [4.69, 9.17) is 5.73 Å². The van der Waals surface area contributed by atoms with Gasteiger partial charge < -0.3 is 11.1 Å². The second kappa shape index (κ2) is 5.50. The highest BCUT2D eigenvalue weighted by Crippen LogP contribution is 2.47. The smallest absolute Gasteiger partial charge is 0.0110 e. The second-order valence-electron chi connectivity index (χ2n) is 5.92. The third kappa shape index (κ3) is 2.43. The average molecular weight is 224 g/mol. The predicted molar refractivity (Wildman–Crippen MR) is 69.2 cm³/mol. The standard InChI is InChI=1S/C14H28N2/c1-3-10(4-2)8-16-9-13-11-5-6-12(7-11)14(13)15/h10-14,16H,3-9,15H2,1-2H3. The molecule has 94 valence electrons. The largest absolute Gasteiger partial charge is 0.327 e. The van der Waals surface area contributed by atoms with Gasteiger partial charge in [0.25, 0.3) is 0 Å². The van der Waals surface area contributed by atoms with Crippen LogP contribution in [0.1, 0.15) is 46.0 Å². The van der Waals surface area contributed by atoms with Crippen LogP contribution in [0.3, 0.4) is 0 Å². The van der Waals surface area contributed by atoms with Gasteiger partial charge in [0.05, 0.1) is 0 Å². The molecule has 2 heteroatoms. The number of fused-ring (bicyclic) bond motifs is 2. The van der Waals surface area contributed by atoms with Gasteiger partial charge in [0.2, 0.25) is 0 Å². The third-order valence-electron chi connectivity index (χ3n) is 5.13. The summed E-state index contributed by atoms with van der Waals surface area (Å²) in [6.07, 6.45) is 6.85. The number of hydrogen-bond donors (Lipinski definition) is 2. The first-order valence-corrected chi connectivity index (χ1v) is 7.22. The average Bonchev–Trinajstić information content (AvgIpc) is 2.87. The molecule has 2 rings (SSSR count). The molecule has 2 aliphatic rings. The molecule has 0 radical (unpaired) electrons. The van der Waals surface area contributed by atoms with Gasteiger partial charge in [-0.25, -0.2) is 0 Å². The third-order valence-corrected chi connectivity index (χ3v) is 5.13. The van der Waals surface area contributed by atoms with Crippen molar-refractivity contribution in [1.29, 1.82) is 0 Å². The molecule has 2 saturated carbocycles. The minimum Gasteiger partial charge on any atom is -0.327 e. The molecule has 2 fully saturated rings. The highest BCUT2D eigenvalue weighted by molar-refractivity contribution is 4.99. The van der Waals surface area contributed by atoms with Crippen LogP contribution >= 0.6 is 0 Å². The number of hydrogen-bond acceptors (Lipinski definition) is 2. The lowest BCUT2D eigenvalue weighted by atomic mass is 9.85. The summed E-state index contributed by atoms with van der Waals surface area (Å²) in [5.74, 6) is 3.42. The van der Waals surface area contributed by atoms with Gasteiger partial charge in [-0.1, -0.05) is 26.7 Å². The monoisotopic (exact) mass is 224 g/mol. The maximum absolute atomic E-state index is 6.31. The van der Waals surface area contributed by atoms with Crippen LogP contribution in [0.2, 0.25) is 0 Å². The van der Waals surface area contributed by atoms with Crippen LogP contribution in [0.5, 0.6) is 0 Å². The molecular weight excluding hydrogens is 196 g/mol. The van der Waals surface area contributed by atoms with Crippen LogP contribution in [0.25, 0.3) is 0 Å². The van der Waals surface area contributed by atoms with Gasteiger partial charge in [-0.15, -0.1) is 0 Å². The van der Waals surface area contributed by atoms with E-state index in [1.807, 2.05) is 0 Å². The van der Waals surface area contributed by atoms with E-state index in [1.165, 1.54) is 45.2 Å². The molecule has 2 nitrogen and oxygen atoms in total. The molecule has 0 amide bonds. The lowest BCUT2D eigenvalue weighted by Gasteiger charge is -2.29. The van der Waals surface area contributed by atoms with Crippen LogP contribution in [-0.2, 0) is 0 Å². The number of nitrogens with two attached hydrogens (primary N) is 1. The summed E-state index contributed by atoms with van der Waals surface area (Å²) in [4.78, 5) is 0. The van der Waals surface area contributed by atoms with Crippen molar-refractivity contribution in [2.75, 3.05) is 13.1 Å². The Morgan fingerprint density at radius 1 is 1.19 bits per heavy atom. The zero-order valence-electron chi connectivity index (χ0n) is 10.9. The van der Waals surface area contributed by atoms with E-state index in [0.29, 0.717) is 6.04 Å². The quantitative estimate of drug-likeness (QED) is 0.727. The first kappa shape index (κ1) is 12.4. The minimum absolute atomic E-state index is 0.493. The second-order valence-corrected chi connectivity index (χ2v) is 5.92. The summed E-state index contributed by atoms with van der Waals surface area (Å²) in [6.45, 7) is 6.94. The summed E-state index contributed by atoms with van der Waals surface area (Å²) in [6, 6.07) is 0.493. The van der Waals surface area contributed by atoms with Crippen molar-refractivity contribution in [3.63, 3.8) is 0 Å². The van der Waals surface area contributed by atoms with Crippen molar-refractivity contribution in [2.45, 2.75) is 52.0 Å². The van der Waals surface area contributed by atoms with Crippen molar-refractivity contribution in [3.05, 3.63) is 0 Å². The van der Waals surface area contributed by atoms with Crippen molar-refractivity contribution < 1.29 is 0 Å². The molecule has 2 aliphatic carbocycles. The van der Waals surface area contributed by atoms with E-state index in [2.05, 4.69) is 19.2 Å². The number of nitrogens with one attached hydrogen (secondary N) is 1. The highest BCUT2D eigenvalue weighted by Gasteiger charge is 2.45. The first-order valence-electron chi connectivity index (χ1n) is 7.22. The Balaban J connectivity index is 1.70. The zero-order valence-corrected chi connectivity index (χ0v) is 10.9. The Kier molecular flexibility index (Phi) is 4.26. The van der Waals surface area contributed by atoms with Gasteiger partial charge in [0.15, 0.2) is 0 Å². The van der Waals surface area contributed by atoms with Crippen molar-refractivity contribution in [2.24, 2.45) is 29.4 Å². The Morgan fingerprint density at radius 2 is 1.88 bits per heavy atom. The zero-order chi connectivity index (χ0) is 11.5. The van der Waals surface area contributed by atoms with Crippen LogP contribution < -0.4 is 11.1 Å². The van der Waals surface area contributed by atoms with Crippen LogP contribution in [0, 0.1) is 23.7 Å². The summed E-state index contributed by atoms with van der Waals surface area (Å²) in [7, 11) is 0. The molecule has 3 N–H and O–H groups in total. The van der Waals surface area contributed by atoms with Gasteiger partial charge >= 0.3 is 0 Å². The van der Waals surface area contributed by atoms with E-state index < -0.39 is 0 Å². The molecule has 0 aliphatic heterocycles. The van der Waals surface area contributed by atoms with E-state index in [-0.39, 0.29) is 0 Å². The summed E-state index contributed by atoms with van der Waals surface area (Å²) < 4.78 is 0. The molecule has 4 unspecified atom stereocenters. The van der Waals surface area contributed by atoms with E-state index in [9.17, 15) is 0 Å². The lowest BCUT2D eigenvalue weighted by molar-refractivity contribution is 0.272. The molecule has 16 heavy (non-hydrogen) atoms. The summed E-state index contributed by atoms with van der Waals surface area (Å²) in [5, 5.41) is 3.66. The van der Waals surface area contributed by atoms with Crippen LogP contribution in [-0.4, -0.2) is 19.1 Å².